The number of nitrogens with one attached hydrogen (secondary N) is 1. The largest absolute Gasteiger partial charge is 0.465 e. The fourth-order valence-electron chi connectivity index (χ4n) is 1.72. The van der Waals surface area contributed by atoms with Crippen molar-refractivity contribution in [3.8, 4) is 0 Å². The topological polar surface area (TPSA) is 55.4 Å². The summed E-state index contributed by atoms with van der Waals surface area (Å²) >= 11 is 1.30. The fourth-order valence-corrected chi connectivity index (χ4v) is 2.80. The molecular formula is C14H13NO3S. The third-order valence-corrected chi connectivity index (χ3v) is 3.68. The van der Waals surface area contributed by atoms with Crippen LogP contribution >= 0.6 is 11.3 Å². The number of methoxy groups -OCH3 is 1. The van der Waals surface area contributed by atoms with Gasteiger partial charge in [-0.15, -0.1) is 11.3 Å². The molecule has 0 aliphatic rings. The van der Waals surface area contributed by atoms with E-state index >= 15 is 0 Å². The molecule has 4 nitrogen and oxygen atoms in total. The van der Waals surface area contributed by atoms with E-state index in [1.165, 1.54) is 24.5 Å². The smallest absolute Gasteiger partial charge is 0.350 e. The van der Waals surface area contributed by atoms with Crippen molar-refractivity contribution < 1.29 is 14.3 Å². The molecule has 0 aliphatic carbocycles. The number of esters is 1. The van der Waals surface area contributed by atoms with Gasteiger partial charge in [0, 0.05) is 10.1 Å². The molecule has 98 valence electrons. The van der Waals surface area contributed by atoms with Crippen molar-refractivity contribution in [2.45, 2.75) is 6.92 Å². The lowest BCUT2D eigenvalue weighted by molar-refractivity contribution is -0.111. The van der Waals surface area contributed by atoms with Gasteiger partial charge in [-0.3, -0.25) is 4.79 Å². The highest BCUT2D eigenvalue weighted by Crippen LogP contribution is 2.36. The average molecular weight is 275 g/mol. The number of hydrogen-bond donors (Lipinski definition) is 1. The average Bonchev–Trinajstić information content (AvgIpc) is 2.77. The molecule has 0 radical (unpaired) electrons. The minimum atomic E-state index is -0.447. The minimum absolute atomic E-state index is 0.267. The van der Waals surface area contributed by atoms with E-state index in [1.54, 1.807) is 13.0 Å². The highest BCUT2D eigenvalue weighted by atomic mass is 32.1. The Hall–Kier alpha value is -2.14. The molecule has 0 bridgehead atoms. The van der Waals surface area contributed by atoms with E-state index in [4.69, 9.17) is 4.74 Å². The summed E-state index contributed by atoms with van der Waals surface area (Å²) in [4.78, 5) is 23.8. The number of anilines is 1. The van der Waals surface area contributed by atoms with Gasteiger partial charge in [0.1, 0.15) is 4.88 Å². The number of ether oxygens (including phenoxy) is 1. The summed E-state index contributed by atoms with van der Waals surface area (Å²) in [6, 6.07) is 7.51. The van der Waals surface area contributed by atoms with Crippen LogP contribution in [0.2, 0.25) is 0 Å². The summed E-state index contributed by atoms with van der Waals surface area (Å²) in [6.45, 7) is 1.76. The van der Waals surface area contributed by atoms with Crippen LogP contribution < -0.4 is 5.32 Å². The molecule has 1 amide bonds. The van der Waals surface area contributed by atoms with Gasteiger partial charge < -0.3 is 10.1 Å². The molecule has 5 heteroatoms. The summed E-state index contributed by atoms with van der Waals surface area (Å²) in [6.07, 6.45) is 3.05. The monoisotopic (exact) mass is 275 g/mol. The molecule has 1 heterocycles. The number of carbonyl (C=O) groups excluding carboxylic acids is 2. The van der Waals surface area contributed by atoms with E-state index in [9.17, 15) is 9.59 Å². The van der Waals surface area contributed by atoms with Gasteiger partial charge in [0.15, 0.2) is 0 Å². The first kappa shape index (κ1) is 13.3. The van der Waals surface area contributed by atoms with Crippen molar-refractivity contribution >= 4 is 39.0 Å². The number of hydrogen-bond acceptors (Lipinski definition) is 4. The molecule has 0 aliphatic heterocycles. The van der Waals surface area contributed by atoms with Crippen LogP contribution in [0.15, 0.2) is 36.4 Å². The van der Waals surface area contributed by atoms with Crippen molar-refractivity contribution in [3.05, 3.63) is 41.3 Å². The third kappa shape index (κ3) is 2.66. The molecule has 1 N–H and O–H groups in total. The van der Waals surface area contributed by atoms with E-state index in [1.807, 2.05) is 24.3 Å². The zero-order valence-corrected chi connectivity index (χ0v) is 11.4. The lowest BCUT2D eigenvalue weighted by Gasteiger charge is -2.03. The van der Waals surface area contributed by atoms with Crippen molar-refractivity contribution in [3.63, 3.8) is 0 Å². The molecule has 19 heavy (non-hydrogen) atoms. The van der Waals surface area contributed by atoms with E-state index in [0.717, 1.165) is 10.1 Å². The van der Waals surface area contributed by atoms with Crippen molar-refractivity contribution in [2.24, 2.45) is 0 Å². The molecule has 0 spiro atoms. The van der Waals surface area contributed by atoms with Crippen molar-refractivity contribution in [1.29, 1.82) is 0 Å². The van der Waals surface area contributed by atoms with Crippen LogP contribution in [0.1, 0.15) is 16.6 Å². The molecule has 0 fully saturated rings. The van der Waals surface area contributed by atoms with Crippen LogP contribution in [0, 0.1) is 0 Å². The number of thiophene rings is 1. The number of allylic oxidation sites excluding steroid dienone is 1. The van der Waals surface area contributed by atoms with Crippen LogP contribution in [0.4, 0.5) is 5.69 Å². The Balaban J connectivity index is 2.54. The van der Waals surface area contributed by atoms with Crippen molar-refractivity contribution in [2.75, 3.05) is 12.4 Å². The molecule has 0 atom stereocenters. The van der Waals surface area contributed by atoms with Crippen molar-refractivity contribution in [1.82, 2.24) is 0 Å². The van der Waals surface area contributed by atoms with Gasteiger partial charge in [-0.1, -0.05) is 24.3 Å². The zero-order chi connectivity index (χ0) is 13.8. The summed E-state index contributed by atoms with van der Waals surface area (Å²) < 4.78 is 5.68. The normalized spacial score (nSPS) is 10.8. The lowest BCUT2D eigenvalue weighted by Crippen LogP contribution is -2.11. The first-order valence-electron chi connectivity index (χ1n) is 5.71. The number of rotatable bonds is 3. The van der Waals surface area contributed by atoms with Gasteiger partial charge in [-0.05, 0) is 19.1 Å². The predicted octanol–water partition coefficient (Wildman–Crippen LogP) is 3.20. The number of benzene rings is 1. The Kier molecular flexibility index (Phi) is 3.97. The van der Waals surface area contributed by atoms with Crippen LogP contribution in [0.5, 0.6) is 0 Å². The Bertz CT molecular complexity index is 658. The number of fused-ring (bicyclic) bond motifs is 1. The second-order valence-corrected chi connectivity index (χ2v) is 4.84. The second-order valence-electron chi connectivity index (χ2n) is 3.78. The molecular weight excluding hydrogens is 262 g/mol. The van der Waals surface area contributed by atoms with Gasteiger partial charge in [0.05, 0.1) is 12.8 Å². The number of amides is 1. The molecule has 1 aromatic carbocycles. The van der Waals surface area contributed by atoms with Gasteiger partial charge >= 0.3 is 5.97 Å². The number of carbonyl (C=O) groups is 2. The third-order valence-electron chi connectivity index (χ3n) is 2.53. The Morgan fingerprint density at radius 1 is 1.32 bits per heavy atom. The summed E-state index contributed by atoms with van der Waals surface area (Å²) in [5, 5.41) is 3.57. The maximum Gasteiger partial charge on any atom is 0.350 e. The predicted molar refractivity (Wildman–Crippen MR) is 76.6 cm³/mol. The lowest BCUT2D eigenvalue weighted by atomic mass is 10.2. The molecule has 0 saturated carbocycles. The van der Waals surface area contributed by atoms with Gasteiger partial charge in [-0.25, -0.2) is 4.79 Å². The van der Waals surface area contributed by atoms with E-state index in [-0.39, 0.29) is 5.91 Å². The molecule has 1 aromatic heterocycles. The molecule has 2 rings (SSSR count). The Morgan fingerprint density at radius 3 is 2.74 bits per heavy atom. The first-order chi connectivity index (χ1) is 9.17. The molecule has 0 saturated heterocycles. The Morgan fingerprint density at radius 2 is 2.05 bits per heavy atom. The maximum absolute atomic E-state index is 11.8. The fraction of sp³-hybridized carbons (Fsp3) is 0.143. The summed E-state index contributed by atoms with van der Waals surface area (Å²) in [7, 11) is 1.32. The van der Waals surface area contributed by atoms with Crippen LogP contribution in [-0.4, -0.2) is 19.0 Å². The minimum Gasteiger partial charge on any atom is -0.465 e. The van der Waals surface area contributed by atoms with E-state index in [0.29, 0.717) is 10.6 Å². The molecule has 0 unspecified atom stereocenters. The summed E-state index contributed by atoms with van der Waals surface area (Å²) in [5.74, 6) is -0.715. The van der Waals surface area contributed by atoms with Gasteiger partial charge in [0.2, 0.25) is 5.91 Å². The highest BCUT2D eigenvalue weighted by molar-refractivity contribution is 7.21. The van der Waals surface area contributed by atoms with Crippen LogP contribution in [0.3, 0.4) is 0 Å². The second kappa shape index (κ2) is 5.67. The standard InChI is InChI=1S/C14H13NO3S/c1-3-6-11(16)15-12-9-7-4-5-8-10(9)19-13(12)14(17)18-2/h3-8H,1-2H3,(H,15,16). The van der Waals surface area contributed by atoms with E-state index in [2.05, 4.69) is 5.32 Å². The highest BCUT2D eigenvalue weighted by Gasteiger charge is 2.19. The molecule has 2 aromatic rings. The maximum atomic E-state index is 11.8. The van der Waals surface area contributed by atoms with Crippen LogP contribution in [-0.2, 0) is 9.53 Å². The van der Waals surface area contributed by atoms with Gasteiger partial charge in [0.25, 0.3) is 0 Å². The Labute approximate surface area is 114 Å². The SMILES string of the molecule is CC=CC(=O)Nc1c(C(=O)OC)sc2ccccc12. The van der Waals surface area contributed by atoms with Gasteiger partial charge in [-0.2, -0.15) is 0 Å². The first-order valence-corrected chi connectivity index (χ1v) is 6.52. The van der Waals surface area contributed by atoms with Crippen LogP contribution in [0.25, 0.3) is 10.1 Å². The quantitative estimate of drug-likeness (QED) is 0.691. The summed E-state index contributed by atoms with van der Waals surface area (Å²) in [5.41, 5.74) is 0.510. The zero-order valence-electron chi connectivity index (χ0n) is 10.6. The van der Waals surface area contributed by atoms with E-state index < -0.39 is 5.97 Å².